The number of benzene rings is 2. The molecule has 0 aliphatic rings. The number of rotatable bonds is 2. The zero-order chi connectivity index (χ0) is 13.4. The smallest absolute Gasteiger partial charge is 0.565 e. The molecule has 0 aromatic heterocycles. The fourth-order valence-corrected chi connectivity index (χ4v) is 1.12. The van der Waals surface area contributed by atoms with E-state index in [-0.39, 0.29) is 43.0 Å². The average Bonchev–Trinajstić information content (AvgIpc) is 2.41. The van der Waals surface area contributed by atoms with E-state index in [4.69, 9.17) is 10.2 Å². The van der Waals surface area contributed by atoms with Crippen molar-refractivity contribution in [2.24, 2.45) is 0 Å². The van der Waals surface area contributed by atoms with Gasteiger partial charge in [0.15, 0.2) is 0 Å². The van der Waals surface area contributed by atoms with E-state index in [9.17, 15) is 9.59 Å². The minimum atomic E-state index is -0.0208. The van der Waals surface area contributed by atoms with Gasteiger partial charge in [0.2, 0.25) is 0 Å². The third kappa shape index (κ3) is 5.47. The van der Waals surface area contributed by atoms with Crippen molar-refractivity contribution in [1.82, 2.24) is 0 Å². The van der Waals surface area contributed by atoms with Crippen LogP contribution in [-0.4, -0.2) is 22.8 Å². The van der Waals surface area contributed by atoms with Gasteiger partial charge in [0.25, 0.3) is 0 Å². The normalized spacial score (nSPS) is 8.42. The standard InChI is InChI=1S/2C7H5O2.Pd/c2*8-5-6-3-1-2-4-7(6)9;/h2*1-4,9H;/q2*-1;+2. The summed E-state index contributed by atoms with van der Waals surface area (Å²) in [6, 6.07) is 12.5. The van der Waals surface area contributed by atoms with Crippen LogP contribution in [0.5, 0.6) is 11.5 Å². The molecule has 2 aromatic rings. The molecule has 0 fully saturated rings. The van der Waals surface area contributed by atoms with Gasteiger partial charge in [-0.25, -0.2) is 0 Å². The molecule has 2 N–H and O–H groups in total. The van der Waals surface area contributed by atoms with Crippen molar-refractivity contribution in [2.45, 2.75) is 0 Å². The van der Waals surface area contributed by atoms with Crippen molar-refractivity contribution in [2.75, 3.05) is 0 Å². The first-order chi connectivity index (χ1) is 8.69. The van der Waals surface area contributed by atoms with Crippen molar-refractivity contribution in [3.8, 4) is 11.5 Å². The van der Waals surface area contributed by atoms with Gasteiger partial charge in [-0.2, -0.15) is 12.1 Å². The predicted molar refractivity (Wildman–Crippen MR) is 65.8 cm³/mol. The maximum Gasteiger partial charge on any atom is 2.00 e. The molecule has 0 saturated heterocycles. The van der Waals surface area contributed by atoms with Gasteiger partial charge in [-0.3, -0.25) is 0 Å². The molecule has 0 aliphatic carbocycles. The molecule has 0 unspecified atom stereocenters. The van der Waals surface area contributed by atoms with Gasteiger partial charge in [-0.15, -0.1) is 23.3 Å². The zero-order valence-corrected chi connectivity index (χ0v) is 11.2. The second-order valence-electron chi connectivity index (χ2n) is 3.24. The Hall–Kier alpha value is -1.96. The van der Waals surface area contributed by atoms with Crippen LogP contribution in [-0.2, 0) is 30.0 Å². The van der Waals surface area contributed by atoms with E-state index in [2.05, 4.69) is 0 Å². The number of hydrogen-bond donors (Lipinski definition) is 2. The van der Waals surface area contributed by atoms with Crippen molar-refractivity contribution >= 4 is 12.6 Å². The van der Waals surface area contributed by atoms with Gasteiger partial charge < -0.3 is 19.8 Å². The summed E-state index contributed by atoms with van der Waals surface area (Å²) in [6.45, 7) is 0. The van der Waals surface area contributed by atoms with Crippen LogP contribution in [0, 0.1) is 0 Å². The van der Waals surface area contributed by atoms with Crippen LogP contribution in [0.3, 0.4) is 0 Å². The Labute approximate surface area is 124 Å². The topological polar surface area (TPSA) is 74.6 Å². The molecule has 100 valence electrons. The third-order valence-electron chi connectivity index (χ3n) is 2.03. The van der Waals surface area contributed by atoms with Crippen molar-refractivity contribution < 1.29 is 40.2 Å². The average molecular weight is 349 g/mol. The Balaban J connectivity index is 0.000000324. The molecule has 4 nitrogen and oxygen atoms in total. The first-order valence-electron chi connectivity index (χ1n) is 5.01. The number of hydrogen-bond acceptors (Lipinski definition) is 4. The van der Waals surface area contributed by atoms with Gasteiger partial charge in [0.1, 0.15) is 0 Å². The van der Waals surface area contributed by atoms with E-state index < -0.39 is 0 Å². The predicted octanol–water partition coefficient (Wildman–Crippen LogP) is 1.70. The van der Waals surface area contributed by atoms with Gasteiger partial charge in [0, 0.05) is 11.5 Å². The third-order valence-corrected chi connectivity index (χ3v) is 2.03. The molecule has 0 saturated carbocycles. The SMILES string of the molecule is O=[C-]c1ccccc1O.O=[C-]c1ccccc1O.[Pd+2]. The van der Waals surface area contributed by atoms with E-state index in [1.165, 1.54) is 24.3 Å². The Bertz CT molecular complexity index is 491. The molecule has 0 radical (unpaired) electrons. The van der Waals surface area contributed by atoms with Gasteiger partial charge in [0.05, 0.1) is 12.6 Å². The van der Waals surface area contributed by atoms with E-state index in [0.29, 0.717) is 0 Å². The molecule has 0 spiro atoms. The summed E-state index contributed by atoms with van der Waals surface area (Å²) in [5.41, 5.74) is 0.412. The molecule has 0 heterocycles. The van der Waals surface area contributed by atoms with Gasteiger partial charge >= 0.3 is 20.4 Å². The summed E-state index contributed by atoms with van der Waals surface area (Å²) < 4.78 is 0. The van der Waals surface area contributed by atoms with Crippen LogP contribution in [0.4, 0.5) is 0 Å². The second-order valence-corrected chi connectivity index (χ2v) is 3.24. The minimum absolute atomic E-state index is 0. The van der Waals surface area contributed by atoms with E-state index in [0.717, 1.165) is 0 Å². The Morgan fingerprint density at radius 1 is 0.684 bits per heavy atom. The van der Waals surface area contributed by atoms with E-state index in [1.807, 2.05) is 0 Å². The Morgan fingerprint density at radius 3 is 1.21 bits per heavy atom. The zero-order valence-electron chi connectivity index (χ0n) is 9.65. The fourth-order valence-electron chi connectivity index (χ4n) is 1.12. The van der Waals surface area contributed by atoms with Gasteiger partial charge in [-0.1, -0.05) is 24.3 Å². The summed E-state index contributed by atoms with van der Waals surface area (Å²) in [6.07, 6.45) is 3.19. The first-order valence-corrected chi connectivity index (χ1v) is 5.01. The molecular formula is C14H10O4Pd. The van der Waals surface area contributed by atoms with Crippen molar-refractivity contribution in [3.05, 3.63) is 59.7 Å². The monoisotopic (exact) mass is 348 g/mol. The van der Waals surface area contributed by atoms with Crippen LogP contribution >= 0.6 is 0 Å². The molecule has 0 bridgehead atoms. The number of aromatic hydroxyl groups is 2. The molecular weight excluding hydrogens is 339 g/mol. The summed E-state index contributed by atoms with van der Waals surface area (Å²) in [4.78, 5) is 19.9. The maximum atomic E-state index is 9.94. The summed E-state index contributed by atoms with van der Waals surface area (Å²) in [5.74, 6) is -0.0417. The van der Waals surface area contributed by atoms with Crippen LogP contribution in [0.1, 0.15) is 11.1 Å². The Kier molecular flexibility index (Phi) is 8.11. The molecule has 5 heteroatoms. The van der Waals surface area contributed by atoms with Crippen LogP contribution < -0.4 is 0 Å². The number of carbonyl (C=O) groups excluding carboxylic acids is 2. The molecule has 2 aromatic carbocycles. The largest absolute Gasteiger partial charge is 2.00 e. The number of para-hydroxylation sites is 2. The van der Waals surface area contributed by atoms with Crippen LogP contribution in [0.15, 0.2) is 48.5 Å². The maximum absolute atomic E-state index is 9.94. The van der Waals surface area contributed by atoms with Crippen LogP contribution in [0.2, 0.25) is 0 Å². The van der Waals surface area contributed by atoms with E-state index in [1.54, 1.807) is 36.8 Å². The Morgan fingerprint density at radius 2 is 1.00 bits per heavy atom. The first kappa shape index (κ1) is 17.0. The second kappa shape index (κ2) is 9.04. The van der Waals surface area contributed by atoms with E-state index >= 15 is 0 Å². The number of phenolic OH excluding ortho intramolecular Hbond substituents is 2. The van der Waals surface area contributed by atoms with Crippen molar-refractivity contribution in [3.63, 3.8) is 0 Å². The summed E-state index contributed by atoms with van der Waals surface area (Å²) >= 11 is 0. The molecule has 19 heavy (non-hydrogen) atoms. The van der Waals surface area contributed by atoms with Crippen molar-refractivity contribution in [1.29, 1.82) is 0 Å². The quantitative estimate of drug-likeness (QED) is 0.640. The molecule has 0 atom stereocenters. The molecule has 0 amide bonds. The number of phenols is 2. The molecule has 2 rings (SSSR count). The van der Waals surface area contributed by atoms with Gasteiger partial charge in [-0.05, 0) is 0 Å². The summed E-state index contributed by atoms with van der Waals surface area (Å²) in [7, 11) is 0. The van der Waals surface area contributed by atoms with Crippen LogP contribution in [0.25, 0.3) is 0 Å². The minimum Gasteiger partial charge on any atom is -0.565 e. The fraction of sp³-hybridized carbons (Fsp3) is 0. The molecule has 0 aliphatic heterocycles. The summed E-state index contributed by atoms with van der Waals surface area (Å²) in [5, 5.41) is 17.7.